The van der Waals surface area contributed by atoms with E-state index < -0.39 is 0 Å². The molecule has 100 valence electrons. The topological polar surface area (TPSA) is 12.0 Å². The minimum Gasteiger partial charge on any atom is -0.312 e. The smallest absolute Gasteiger partial charge is 0.0205 e. The number of aryl methyl sites for hydroxylation is 1. The van der Waals surface area contributed by atoms with E-state index in [1.165, 1.54) is 49.8 Å². The van der Waals surface area contributed by atoms with Gasteiger partial charge in [-0.15, -0.1) is 0 Å². The molecule has 1 heteroatoms. The number of benzene rings is 1. The Morgan fingerprint density at radius 1 is 1.00 bits per heavy atom. The van der Waals surface area contributed by atoms with Crippen molar-refractivity contribution in [3.05, 3.63) is 35.4 Å². The molecule has 0 heterocycles. The summed E-state index contributed by atoms with van der Waals surface area (Å²) in [5.74, 6) is 0. The maximum Gasteiger partial charge on any atom is 0.0205 e. The average Bonchev–Trinajstić information content (AvgIpc) is 2.89. The molecule has 0 saturated heterocycles. The van der Waals surface area contributed by atoms with E-state index in [9.17, 15) is 0 Å². The van der Waals surface area contributed by atoms with E-state index >= 15 is 0 Å². The summed E-state index contributed by atoms with van der Waals surface area (Å²) in [6.45, 7) is 6.77. The molecule has 1 aromatic rings. The van der Waals surface area contributed by atoms with Crippen LogP contribution in [0.1, 0.15) is 57.1 Å². The number of hydrogen-bond acceptors (Lipinski definition) is 1. The first-order valence-electron chi connectivity index (χ1n) is 7.56. The maximum atomic E-state index is 3.67. The van der Waals surface area contributed by atoms with Crippen molar-refractivity contribution in [2.24, 2.45) is 5.41 Å². The van der Waals surface area contributed by atoms with Crippen molar-refractivity contribution >= 4 is 0 Å². The van der Waals surface area contributed by atoms with Gasteiger partial charge >= 0.3 is 0 Å². The number of rotatable bonds is 6. The van der Waals surface area contributed by atoms with Gasteiger partial charge in [0, 0.05) is 13.1 Å². The number of hydrogen-bond donors (Lipinski definition) is 1. The molecule has 0 spiro atoms. The molecule has 1 fully saturated rings. The zero-order valence-electron chi connectivity index (χ0n) is 12.0. The molecule has 18 heavy (non-hydrogen) atoms. The van der Waals surface area contributed by atoms with Gasteiger partial charge in [0.2, 0.25) is 0 Å². The molecule has 0 aromatic heterocycles. The van der Waals surface area contributed by atoms with Crippen LogP contribution in [0.4, 0.5) is 0 Å². The molecular weight excluding hydrogens is 218 g/mol. The molecule has 0 bridgehead atoms. The van der Waals surface area contributed by atoms with Crippen LogP contribution >= 0.6 is 0 Å². The average molecular weight is 245 g/mol. The second-order valence-electron chi connectivity index (χ2n) is 5.83. The summed E-state index contributed by atoms with van der Waals surface area (Å²) in [7, 11) is 0. The Kier molecular flexibility index (Phi) is 4.82. The lowest BCUT2D eigenvalue weighted by molar-refractivity contribution is 0.268. The second-order valence-corrected chi connectivity index (χ2v) is 5.83. The predicted octanol–water partition coefficient (Wildman–Crippen LogP) is 4.31. The highest BCUT2D eigenvalue weighted by molar-refractivity contribution is 5.22. The van der Waals surface area contributed by atoms with Gasteiger partial charge in [-0.3, -0.25) is 0 Å². The Labute approximate surface area is 112 Å². The van der Waals surface area contributed by atoms with Crippen molar-refractivity contribution in [3.8, 4) is 0 Å². The molecule has 1 nitrogen and oxygen atoms in total. The van der Waals surface area contributed by atoms with Gasteiger partial charge in [0.15, 0.2) is 0 Å². The summed E-state index contributed by atoms with van der Waals surface area (Å²) in [5.41, 5.74) is 3.44. The van der Waals surface area contributed by atoms with E-state index in [-0.39, 0.29) is 0 Å². The summed E-state index contributed by atoms with van der Waals surface area (Å²) < 4.78 is 0. The third-order valence-electron chi connectivity index (χ3n) is 4.67. The predicted molar refractivity (Wildman–Crippen MR) is 78.7 cm³/mol. The van der Waals surface area contributed by atoms with Gasteiger partial charge in [-0.2, -0.15) is 0 Å². The lowest BCUT2D eigenvalue weighted by Crippen LogP contribution is -2.31. The van der Waals surface area contributed by atoms with Crippen LogP contribution in [0.3, 0.4) is 0 Å². The molecular formula is C17H27N. The molecule has 2 rings (SSSR count). The maximum absolute atomic E-state index is 3.67. The van der Waals surface area contributed by atoms with E-state index in [1.807, 2.05) is 0 Å². The monoisotopic (exact) mass is 245 g/mol. The normalized spacial score (nSPS) is 18.1. The van der Waals surface area contributed by atoms with Gasteiger partial charge in [-0.1, -0.05) is 51.0 Å². The highest BCUT2D eigenvalue weighted by Gasteiger charge is 2.31. The Balaban J connectivity index is 1.80. The molecule has 1 N–H and O–H groups in total. The fraction of sp³-hybridized carbons (Fsp3) is 0.647. The first-order valence-corrected chi connectivity index (χ1v) is 7.56. The largest absolute Gasteiger partial charge is 0.312 e. The van der Waals surface area contributed by atoms with Gasteiger partial charge in [-0.05, 0) is 42.2 Å². The van der Waals surface area contributed by atoms with Gasteiger partial charge < -0.3 is 5.32 Å². The van der Waals surface area contributed by atoms with E-state index in [0.717, 1.165) is 13.0 Å². The number of nitrogens with one attached hydrogen (secondary N) is 1. The standard InChI is InChI=1S/C17H27N/c1-3-15-7-9-16(10-8-15)13-18-14-17(4-2)11-5-6-12-17/h7-10,18H,3-6,11-14H2,1-2H3. The van der Waals surface area contributed by atoms with Crippen LogP contribution in [-0.4, -0.2) is 6.54 Å². The van der Waals surface area contributed by atoms with Crippen LogP contribution in [0, 0.1) is 5.41 Å². The van der Waals surface area contributed by atoms with Crippen LogP contribution in [0.2, 0.25) is 0 Å². The van der Waals surface area contributed by atoms with Crippen LogP contribution in [0.15, 0.2) is 24.3 Å². The molecule has 1 aromatic carbocycles. The lowest BCUT2D eigenvalue weighted by atomic mass is 9.83. The summed E-state index contributed by atoms with van der Waals surface area (Å²) in [4.78, 5) is 0. The summed E-state index contributed by atoms with van der Waals surface area (Å²) in [5, 5.41) is 3.67. The summed E-state index contributed by atoms with van der Waals surface area (Å²) in [6.07, 6.45) is 8.17. The van der Waals surface area contributed by atoms with Crippen molar-refractivity contribution in [2.75, 3.05) is 6.54 Å². The van der Waals surface area contributed by atoms with Gasteiger partial charge in [-0.25, -0.2) is 0 Å². The van der Waals surface area contributed by atoms with Crippen molar-refractivity contribution in [3.63, 3.8) is 0 Å². The van der Waals surface area contributed by atoms with Gasteiger partial charge in [0.25, 0.3) is 0 Å². The Hall–Kier alpha value is -0.820. The van der Waals surface area contributed by atoms with Crippen molar-refractivity contribution in [1.82, 2.24) is 5.32 Å². The van der Waals surface area contributed by atoms with Crippen LogP contribution < -0.4 is 5.32 Å². The first kappa shape index (κ1) is 13.6. The zero-order valence-corrected chi connectivity index (χ0v) is 12.0. The lowest BCUT2D eigenvalue weighted by Gasteiger charge is -2.27. The Morgan fingerprint density at radius 3 is 2.17 bits per heavy atom. The van der Waals surface area contributed by atoms with Gasteiger partial charge in [0.05, 0.1) is 0 Å². The molecule has 0 aliphatic heterocycles. The summed E-state index contributed by atoms with van der Waals surface area (Å²) >= 11 is 0. The molecule has 0 amide bonds. The van der Waals surface area contributed by atoms with Crippen molar-refractivity contribution in [2.45, 2.75) is 58.9 Å². The molecule has 1 aliphatic carbocycles. The minimum absolute atomic E-state index is 0.601. The molecule has 0 radical (unpaired) electrons. The second kappa shape index (κ2) is 6.38. The molecule has 0 unspecified atom stereocenters. The fourth-order valence-electron chi connectivity index (χ4n) is 3.15. The molecule has 1 aliphatic rings. The molecule has 0 atom stereocenters. The Morgan fingerprint density at radius 2 is 1.61 bits per heavy atom. The van der Waals surface area contributed by atoms with E-state index in [2.05, 4.69) is 43.4 Å². The SMILES string of the molecule is CCc1ccc(CNCC2(CC)CCCC2)cc1. The third-order valence-corrected chi connectivity index (χ3v) is 4.67. The van der Waals surface area contributed by atoms with Crippen LogP contribution in [0.5, 0.6) is 0 Å². The summed E-state index contributed by atoms with van der Waals surface area (Å²) in [6, 6.07) is 9.03. The van der Waals surface area contributed by atoms with E-state index in [0.29, 0.717) is 5.41 Å². The third kappa shape index (κ3) is 3.35. The quantitative estimate of drug-likeness (QED) is 0.787. The Bertz CT molecular complexity index is 346. The van der Waals surface area contributed by atoms with Crippen LogP contribution in [-0.2, 0) is 13.0 Å². The minimum atomic E-state index is 0.601. The highest BCUT2D eigenvalue weighted by Crippen LogP contribution is 2.40. The van der Waals surface area contributed by atoms with E-state index in [4.69, 9.17) is 0 Å². The van der Waals surface area contributed by atoms with Gasteiger partial charge in [0.1, 0.15) is 0 Å². The van der Waals surface area contributed by atoms with Crippen LogP contribution in [0.25, 0.3) is 0 Å². The highest BCUT2D eigenvalue weighted by atomic mass is 14.9. The fourth-order valence-corrected chi connectivity index (χ4v) is 3.15. The van der Waals surface area contributed by atoms with Crippen molar-refractivity contribution in [1.29, 1.82) is 0 Å². The van der Waals surface area contributed by atoms with E-state index in [1.54, 1.807) is 0 Å². The van der Waals surface area contributed by atoms with Crippen molar-refractivity contribution < 1.29 is 0 Å². The first-order chi connectivity index (χ1) is 8.78. The molecule has 1 saturated carbocycles. The zero-order chi connectivity index (χ0) is 12.8.